The number of carbonyl (C=O) groups is 1. The maximum Gasteiger partial charge on any atom is 0.334 e. The first kappa shape index (κ1) is 16.2. The van der Waals surface area contributed by atoms with E-state index in [0.29, 0.717) is 5.57 Å². The van der Waals surface area contributed by atoms with Crippen LogP contribution in [0.2, 0.25) is 0 Å². The van der Waals surface area contributed by atoms with Gasteiger partial charge in [-0.1, -0.05) is 46.1 Å². The summed E-state index contributed by atoms with van der Waals surface area (Å²) in [6.45, 7) is 10.5. The van der Waals surface area contributed by atoms with E-state index in [9.17, 15) is 4.79 Å². The molecule has 100 valence electrons. The van der Waals surface area contributed by atoms with Crippen LogP contribution >= 0.6 is 0 Å². The molecule has 1 N–H and O–H groups in total. The third kappa shape index (κ3) is 8.93. The average molecular weight is 241 g/mol. The fourth-order valence-corrected chi connectivity index (χ4v) is 1.51. The number of hydrogen-bond acceptors (Lipinski definition) is 3. The number of rotatable bonds is 10. The van der Waals surface area contributed by atoms with Gasteiger partial charge >= 0.3 is 5.97 Å². The predicted octanol–water partition coefficient (Wildman–Crippen LogP) is 3.40. The molecule has 0 bridgehead atoms. The van der Waals surface area contributed by atoms with Gasteiger partial charge in [-0.2, -0.15) is 0 Å². The molecule has 0 spiro atoms. The monoisotopic (exact) mass is 241 g/mol. The van der Waals surface area contributed by atoms with Gasteiger partial charge in [0.15, 0.2) is 6.23 Å². The van der Waals surface area contributed by atoms with Crippen molar-refractivity contribution in [2.45, 2.75) is 65.5 Å². The van der Waals surface area contributed by atoms with Crippen molar-refractivity contribution in [3.63, 3.8) is 0 Å². The summed E-state index contributed by atoms with van der Waals surface area (Å²) in [5.41, 5.74) is 0.457. The first-order chi connectivity index (χ1) is 8.11. The molecule has 3 heteroatoms. The molecule has 0 saturated heterocycles. The van der Waals surface area contributed by atoms with Crippen molar-refractivity contribution in [2.75, 3.05) is 6.54 Å². The van der Waals surface area contributed by atoms with E-state index >= 15 is 0 Å². The summed E-state index contributed by atoms with van der Waals surface area (Å²) in [6, 6.07) is 0. The zero-order valence-electron chi connectivity index (χ0n) is 11.6. The Kier molecular flexibility index (Phi) is 9.83. The molecule has 0 saturated carbocycles. The maximum absolute atomic E-state index is 11.4. The Morgan fingerprint density at radius 1 is 1.24 bits per heavy atom. The van der Waals surface area contributed by atoms with Crippen LogP contribution in [0.25, 0.3) is 0 Å². The summed E-state index contributed by atoms with van der Waals surface area (Å²) in [6.07, 6.45) is 6.57. The molecule has 0 heterocycles. The van der Waals surface area contributed by atoms with Gasteiger partial charge in [0.25, 0.3) is 0 Å². The Hall–Kier alpha value is -0.830. The Morgan fingerprint density at radius 3 is 2.47 bits per heavy atom. The van der Waals surface area contributed by atoms with E-state index in [1.54, 1.807) is 6.92 Å². The molecule has 0 aliphatic carbocycles. The molecule has 0 amide bonds. The lowest BCUT2D eigenvalue weighted by Gasteiger charge is -2.18. The fraction of sp³-hybridized carbons (Fsp3) is 0.786. The highest BCUT2D eigenvalue weighted by atomic mass is 16.6. The molecular formula is C14H27NO2. The summed E-state index contributed by atoms with van der Waals surface area (Å²) >= 11 is 0. The molecule has 17 heavy (non-hydrogen) atoms. The van der Waals surface area contributed by atoms with Crippen LogP contribution < -0.4 is 5.32 Å². The molecule has 0 aromatic heterocycles. The highest BCUT2D eigenvalue weighted by molar-refractivity contribution is 5.87. The molecular weight excluding hydrogens is 214 g/mol. The van der Waals surface area contributed by atoms with Gasteiger partial charge in [-0.05, 0) is 26.3 Å². The van der Waals surface area contributed by atoms with Crippen molar-refractivity contribution >= 4 is 5.97 Å². The van der Waals surface area contributed by atoms with Gasteiger partial charge in [-0.25, -0.2) is 4.79 Å². The van der Waals surface area contributed by atoms with E-state index in [-0.39, 0.29) is 12.2 Å². The Morgan fingerprint density at radius 2 is 1.94 bits per heavy atom. The second-order valence-electron chi connectivity index (χ2n) is 4.48. The van der Waals surface area contributed by atoms with Crippen molar-refractivity contribution in [2.24, 2.45) is 0 Å². The second-order valence-corrected chi connectivity index (χ2v) is 4.48. The van der Waals surface area contributed by atoms with Crippen molar-refractivity contribution in [3.8, 4) is 0 Å². The zero-order valence-corrected chi connectivity index (χ0v) is 11.6. The average Bonchev–Trinajstić information content (AvgIpc) is 2.28. The zero-order chi connectivity index (χ0) is 13.1. The quantitative estimate of drug-likeness (QED) is 0.276. The van der Waals surface area contributed by atoms with Crippen LogP contribution in [0.4, 0.5) is 0 Å². The molecule has 0 radical (unpaired) electrons. The molecule has 1 atom stereocenters. The van der Waals surface area contributed by atoms with Crippen LogP contribution in [0.1, 0.15) is 59.3 Å². The number of carbonyl (C=O) groups excluding carboxylic acids is 1. The molecule has 3 nitrogen and oxygen atoms in total. The molecule has 0 aromatic rings. The topological polar surface area (TPSA) is 38.3 Å². The number of hydrogen-bond donors (Lipinski definition) is 1. The van der Waals surface area contributed by atoms with E-state index in [4.69, 9.17) is 4.74 Å². The van der Waals surface area contributed by atoms with E-state index in [1.807, 2.05) is 0 Å². The van der Waals surface area contributed by atoms with Gasteiger partial charge in [0, 0.05) is 5.57 Å². The number of esters is 1. The van der Waals surface area contributed by atoms with Crippen molar-refractivity contribution in [3.05, 3.63) is 12.2 Å². The van der Waals surface area contributed by atoms with Gasteiger partial charge in [0.1, 0.15) is 0 Å². The van der Waals surface area contributed by atoms with Crippen molar-refractivity contribution in [1.82, 2.24) is 5.32 Å². The second kappa shape index (κ2) is 10.3. The third-order valence-corrected chi connectivity index (χ3v) is 2.55. The summed E-state index contributed by atoms with van der Waals surface area (Å²) < 4.78 is 5.31. The van der Waals surface area contributed by atoms with Crippen LogP contribution in [-0.4, -0.2) is 18.7 Å². The molecule has 0 fully saturated rings. The van der Waals surface area contributed by atoms with E-state index in [2.05, 4.69) is 25.7 Å². The van der Waals surface area contributed by atoms with E-state index in [0.717, 1.165) is 25.8 Å². The highest BCUT2D eigenvalue weighted by Gasteiger charge is 2.12. The molecule has 1 unspecified atom stereocenters. The molecule has 0 aliphatic heterocycles. The van der Waals surface area contributed by atoms with Crippen LogP contribution in [0.3, 0.4) is 0 Å². The fourth-order valence-electron chi connectivity index (χ4n) is 1.51. The smallest absolute Gasteiger partial charge is 0.334 e. The highest BCUT2D eigenvalue weighted by Crippen LogP contribution is 2.04. The van der Waals surface area contributed by atoms with Gasteiger partial charge < -0.3 is 4.74 Å². The Bertz CT molecular complexity index is 226. The molecule has 0 aliphatic rings. The third-order valence-electron chi connectivity index (χ3n) is 2.55. The maximum atomic E-state index is 11.4. The number of nitrogens with one attached hydrogen (secondary N) is 1. The summed E-state index contributed by atoms with van der Waals surface area (Å²) in [5.74, 6) is -0.301. The van der Waals surface area contributed by atoms with E-state index in [1.165, 1.54) is 19.3 Å². The lowest BCUT2D eigenvalue weighted by Crippen LogP contribution is -2.34. The Labute approximate surface area is 106 Å². The van der Waals surface area contributed by atoms with Crippen molar-refractivity contribution in [1.29, 1.82) is 0 Å². The van der Waals surface area contributed by atoms with Crippen LogP contribution in [-0.2, 0) is 9.53 Å². The van der Waals surface area contributed by atoms with Crippen LogP contribution in [0.5, 0.6) is 0 Å². The summed E-state index contributed by atoms with van der Waals surface area (Å²) in [7, 11) is 0. The molecule has 0 rings (SSSR count). The predicted molar refractivity (Wildman–Crippen MR) is 71.7 cm³/mol. The van der Waals surface area contributed by atoms with E-state index < -0.39 is 0 Å². The largest absolute Gasteiger partial charge is 0.443 e. The van der Waals surface area contributed by atoms with Gasteiger partial charge in [0.05, 0.1) is 0 Å². The van der Waals surface area contributed by atoms with Gasteiger partial charge in [0.2, 0.25) is 0 Å². The first-order valence-electron chi connectivity index (χ1n) is 6.71. The first-order valence-corrected chi connectivity index (χ1v) is 6.71. The Balaban J connectivity index is 3.81. The lowest BCUT2D eigenvalue weighted by atomic mass is 10.2. The minimum absolute atomic E-state index is 0.161. The number of unbranched alkanes of at least 4 members (excludes halogenated alkanes) is 3. The van der Waals surface area contributed by atoms with Gasteiger partial charge in [-0.15, -0.1) is 0 Å². The molecule has 0 aromatic carbocycles. The number of ether oxygens (including phenoxy) is 1. The lowest BCUT2D eigenvalue weighted by molar-refractivity contribution is -0.146. The minimum Gasteiger partial charge on any atom is -0.443 e. The van der Waals surface area contributed by atoms with Crippen LogP contribution in [0.15, 0.2) is 12.2 Å². The SMILES string of the molecule is C=C(C)C(=O)OC(CCC)NCCCCCC. The van der Waals surface area contributed by atoms with Crippen molar-refractivity contribution < 1.29 is 9.53 Å². The van der Waals surface area contributed by atoms with Gasteiger partial charge in [-0.3, -0.25) is 5.32 Å². The summed E-state index contributed by atoms with van der Waals surface area (Å²) in [5, 5.41) is 3.28. The normalized spacial score (nSPS) is 12.2. The standard InChI is InChI=1S/C14H27NO2/c1-5-7-8-9-11-15-13(10-6-2)17-14(16)12(3)4/h13,15H,3,5-11H2,1-2,4H3. The minimum atomic E-state index is -0.301. The summed E-state index contributed by atoms with van der Waals surface area (Å²) in [4.78, 5) is 11.4. The van der Waals surface area contributed by atoms with Crippen LogP contribution in [0, 0.1) is 0 Å².